The molecular formula is C27H35N5O3. The van der Waals surface area contributed by atoms with Gasteiger partial charge in [0.05, 0.1) is 24.8 Å². The van der Waals surface area contributed by atoms with Gasteiger partial charge in [-0.3, -0.25) is 4.90 Å². The van der Waals surface area contributed by atoms with Crippen LogP contribution in [0.1, 0.15) is 13.8 Å². The normalized spacial score (nSPS) is 17.2. The number of ether oxygens (including phenoxy) is 3. The lowest BCUT2D eigenvalue weighted by molar-refractivity contribution is 0.0322. The molecule has 3 heterocycles. The highest BCUT2D eigenvalue weighted by molar-refractivity contribution is 5.90. The lowest BCUT2D eigenvalue weighted by Crippen LogP contribution is -2.46. The Morgan fingerprint density at radius 3 is 2.31 bits per heavy atom. The quantitative estimate of drug-likeness (QED) is 0.489. The van der Waals surface area contributed by atoms with E-state index in [1.54, 1.807) is 6.33 Å². The maximum atomic E-state index is 6.02. The molecule has 0 atom stereocenters. The second kappa shape index (κ2) is 11.1. The van der Waals surface area contributed by atoms with E-state index in [2.05, 4.69) is 55.0 Å². The molecule has 1 aromatic heterocycles. The van der Waals surface area contributed by atoms with Crippen LogP contribution in [0.25, 0.3) is 10.9 Å². The molecule has 0 bridgehead atoms. The molecule has 2 aliphatic rings. The zero-order chi connectivity index (χ0) is 24.0. The van der Waals surface area contributed by atoms with E-state index in [4.69, 9.17) is 14.2 Å². The number of morpholine rings is 1. The summed E-state index contributed by atoms with van der Waals surface area (Å²) in [7, 11) is 0. The van der Waals surface area contributed by atoms with Crippen LogP contribution in [0, 0.1) is 0 Å². The molecule has 0 unspecified atom stereocenters. The van der Waals surface area contributed by atoms with Crippen molar-refractivity contribution in [3.8, 4) is 11.5 Å². The van der Waals surface area contributed by atoms with E-state index in [1.807, 2.05) is 26.0 Å². The second-order valence-corrected chi connectivity index (χ2v) is 9.31. The zero-order valence-electron chi connectivity index (χ0n) is 20.7. The summed E-state index contributed by atoms with van der Waals surface area (Å²) in [6.45, 7) is 12.9. The van der Waals surface area contributed by atoms with Gasteiger partial charge in [0, 0.05) is 63.0 Å². The number of nitrogens with zero attached hydrogens (tertiary/aromatic N) is 5. The first kappa shape index (κ1) is 23.6. The lowest BCUT2D eigenvalue weighted by atomic mass is 10.2. The summed E-state index contributed by atoms with van der Waals surface area (Å²) in [6.07, 6.45) is 1.85. The van der Waals surface area contributed by atoms with Gasteiger partial charge in [-0.05, 0) is 50.2 Å². The fourth-order valence-electron chi connectivity index (χ4n) is 4.67. The van der Waals surface area contributed by atoms with Crippen LogP contribution in [0.4, 0.5) is 11.5 Å². The van der Waals surface area contributed by atoms with E-state index < -0.39 is 0 Å². The molecular weight excluding hydrogens is 442 g/mol. The number of rotatable bonds is 8. The predicted molar refractivity (Wildman–Crippen MR) is 139 cm³/mol. The van der Waals surface area contributed by atoms with Gasteiger partial charge in [-0.2, -0.15) is 0 Å². The average molecular weight is 478 g/mol. The molecule has 8 heteroatoms. The number of hydrogen-bond donors (Lipinski definition) is 0. The summed E-state index contributed by atoms with van der Waals surface area (Å²) in [6, 6.07) is 14.6. The third-order valence-electron chi connectivity index (χ3n) is 6.52. The Morgan fingerprint density at radius 1 is 0.857 bits per heavy atom. The fourth-order valence-corrected chi connectivity index (χ4v) is 4.67. The van der Waals surface area contributed by atoms with Crippen LogP contribution < -0.4 is 19.3 Å². The molecule has 8 nitrogen and oxygen atoms in total. The maximum Gasteiger partial charge on any atom is 0.140 e. The van der Waals surface area contributed by atoms with Crippen LogP contribution in [-0.2, 0) is 4.74 Å². The van der Waals surface area contributed by atoms with Crippen molar-refractivity contribution in [3.05, 3.63) is 48.8 Å². The smallest absolute Gasteiger partial charge is 0.140 e. The summed E-state index contributed by atoms with van der Waals surface area (Å²) in [5, 5.41) is 1.07. The molecule has 2 saturated heterocycles. The van der Waals surface area contributed by atoms with E-state index >= 15 is 0 Å². The van der Waals surface area contributed by atoms with Crippen molar-refractivity contribution in [1.29, 1.82) is 0 Å². The number of hydrogen-bond acceptors (Lipinski definition) is 8. The van der Waals surface area contributed by atoms with Gasteiger partial charge in [-0.1, -0.05) is 0 Å². The minimum Gasteiger partial charge on any atom is -0.492 e. The molecule has 2 aromatic carbocycles. The van der Waals surface area contributed by atoms with Crippen molar-refractivity contribution in [1.82, 2.24) is 14.9 Å². The van der Waals surface area contributed by atoms with Gasteiger partial charge in [0.2, 0.25) is 0 Å². The largest absolute Gasteiger partial charge is 0.492 e. The molecule has 0 aliphatic carbocycles. The lowest BCUT2D eigenvalue weighted by Gasteiger charge is -2.37. The van der Waals surface area contributed by atoms with Gasteiger partial charge in [0.25, 0.3) is 0 Å². The third-order valence-corrected chi connectivity index (χ3v) is 6.52. The maximum absolute atomic E-state index is 6.02. The standard InChI is InChI=1S/C27H35N5O3/c1-21(2)35-23-5-3-22(4-6-23)31-9-11-32(12-10-31)27-25-8-7-24(19-26(25)28-20-29-27)34-18-15-30-13-16-33-17-14-30/h3-8,19-21H,9-18H2,1-2H3. The molecule has 2 fully saturated rings. The molecule has 186 valence electrons. The van der Waals surface area contributed by atoms with Crippen molar-refractivity contribution in [2.45, 2.75) is 20.0 Å². The van der Waals surface area contributed by atoms with Crippen LogP contribution in [0.2, 0.25) is 0 Å². The highest BCUT2D eigenvalue weighted by atomic mass is 16.5. The van der Waals surface area contributed by atoms with Crippen molar-refractivity contribution in [3.63, 3.8) is 0 Å². The Bertz CT molecular complexity index is 1090. The predicted octanol–water partition coefficient (Wildman–Crippen LogP) is 3.45. The second-order valence-electron chi connectivity index (χ2n) is 9.31. The van der Waals surface area contributed by atoms with Crippen LogP contribution in [0.5, 0.6) is 11.5 Å². The molecule has 3 aromatic rings. The van der Waals surface area contributed by atoms with Gasteiger partial charge in [-0.15, -0.1) is 0 Å². The van der Waals surface area contributed by atoms with Crippen LogP contribution in [0.3, 0.4) is 0 Å². The molecule has 35 heavy (non-hydrogen) atoms. The van der Waals surface area contributed by atoms with E-state index in [-0.39, 0.29) is 6.10 Å². The van der Waals surface area contributed by atoms with Gasteiger partial charge in [-0.25, -0.2) is 9.97 Å². The van der Waals surface area contributed by atoms with Gasteiger partial charge < -0.3 is 24.0 Å². The summed E-state index contributed by atoms with van der Waals surface area (Å²) in [4.78, 5) is 16.3. The van der Waals surface area contributed by atoms with Gasteiger partial charge in [0.15, 0.2) is 0 Å². The number of benzene rings is 2. The van der Waals surface area contributed by atoms with Crippen molar-refractivity contribution < 1.29 is 14.2 Å². The molecule has 2 aliphatic heterocycles. The minimum absolute atomic E-state index is 0.185. The highest BCUT2D eigenvalue weighted by Crippen LogP contribution is 2.28. The summed E-state index contributed by atoms with van der Waals surface area (Å²) in [5.74, 6) is 2.76. The SMILES string of the molecule is CC(C)Oc1ccc(N2CCN(c3ncnc4cc(OCCN5CCOCC5)ccc34)CC2)cc1. The number of aromatic nitrogens is 2. The van der Waals surface area contributed by atoms with E-state index in [9.17, 15) is 0 Å². The molecule has 0 saturated carbocycles. The van der Waals surface area contributed by atoms with E-state index in [0.29, 0.717) is 6.61 Å². The van der Waals surface area contributed by atoms with Gasteiger partial charge >= 0.3 is 0 Å². The Labute approximate surface area is 207 Å². The Balaban J connectivity index is 1.19. The van der Waals surface area contributed by atoms with Crippen LogP contribution in [-0.4, -0.2) is 86.6 Å². The van der Waals surface area contributed by atoms with Crippen molar-refractivity contribution in [2.24, 2.45) is 0 Å². The van der Waals surface area contributed by atoms with Crippen molar-refractivity contribution >= 4 is 22.4 Å². The topological polar surface area (TPSA) is 63.2 Å². The Morgan fingerprint density at radius 2 is 1.57 bits per heavy atom. The summed E-state index contributed by atoms with van der Waals surface area (Å²) in [5.41, 5.74) is 2.15. The monoisotopic (exact) mass is 477 g/mol. The molecule has 0 N–H and O–H groups in total. The molecule has 5 rings (SSSR count). The first-order chi connectivity index (χ1) is 17.2. The molecule has 0 amide bonds. The number of piperazine rings is 1. The number of anilines is 2. The summed E-state index contributed by atoms with van der Waals surface area (Å²) >= 11 is 0. The minimum atomic E-state index is 0.185. The summed E-state index contributed by atoms with van der Waals surface area (Å²) < 4.78 is 17.2. The van der Waals surface area contributed by atoms with E-state index in [1.165, 1.54) is 5.69 Å². The first-order valence-electron chi connectivity index (χ1n) is 12.6. The molecule has 0 spiro atoms. The van der Waals surface area contributed by atoms with E-state index in [0.717, 1.165) is 87.2 Å². The third kappa shape index (κ3) is 5.94. The first-order valence-corrected chi connectivity index (χ1v) is 12.6. The van der Waals surface area contributed by atoms with Crippen molar-refractivity contribution in [2.75, 3.05) is 75.4 Å². The Hall–Kier alpha value is -3.10. The Kier molecular flexibility index (Phi) is 7.49. The average Bonchev–Trinajstić information content (AvgIpc) is 2.89. The highest BCUT2D eigenvalue weighted by Gasteiger charge is 2.20. The fraction of sp³-hybridized carbons (Fsp3) is 0.481. The van der Waals surface area contributed by atoms with Crippen LogP contribution in [0.15, 0.2) is 48.8 Å². The van der Waals surface area contributed by atoms with Crippen LogP contribution >= 0.6 is 0 Å². The molecule has 0 radical (unpaired) electrons. The van der Waals surface area contributed by atoms with Gasteiger partial charge in [0.1, 0.15) is 30.3 Å². The number of fused-ring (bicyclic) bond motifs is 1. The zero-order valence-corrected chi connectivity index (χ0v) is 20.7.